The third-order valence-electron chi connectivity index (χ3n) is 2.90. The number of carbonyl (C=O) groups excluding carboxylic acids is 2. The molecule has 0 fully saturated rings. The van der Waals surface area contributed by atoms with Gasteiger partial charge in [-0.25, -0.2) is 0 Å². The van der Waals surface area contributed by atoms with Crippen molar-refractivity contribution in [3.8, 4) is 5.75 Å². The molecule has 1 aromatic carbocycles. The summed E-state index contributed by atoms with van der Waals surface area (Å²) in [6.07, 6.45) is 0. The number of hydrogen-bond donors (Lipinski definition) is 2. The molecule has 9 heteroatoms. The fraction of sp³-hybridized carbons (Fsp3) is 0.200. The zero-order valence-corrected chi connectivity index (χ0v) is 14.0. The first-order valence-corrected chi connectivity index (χ1v) is 8.02. The summed E-state index contributed by atoms with van der Waals surface area (Å²) in [6, 6.07) is 6.45. The molecular formula is C15H13ClF2N2O3S. The van der Waals surface area contributed by atoms with E-state index in [-0.39, 0.29) is 16.7 Å². The van der Waals surface area contributed by atoms with Gasteiger partial charge in [-0.3, -0.25) is 9.59 Å². The number of thiophene rings is 1. The number of nitrogens with one attached hydrogen (secondary N) is 2. The Hall–Kier alpha value is -2.19. The molecule has 1 aromatic heterocycles. The molecule has 2 rings (SSSR count). The highest BCUT2D eigenvalue weighted by Crippen LogP contribution is 2.28. The van der Waals surface area contributed by atoms with Crippen molar-refractivity contribution in [1.29, 1.82) is 0 Å². The van der Waals surface area contributed by atoms with E-state index in [1.165, 1.54) is 36.5 Å². The van der Waals surface area contributed by atoms with Crippen LogP contribution in [0, 0.1) is 0 Å². The molecule has 128 valence electrons. The second-order valence-electron chi connectivity index (χ2n) is 4.69. The van der Waals surface area contributed by atoms with Crippen molar-refractivity contribution >= 4 is 40.4 Å². The summed E-state index contributed by atoms with van der Waals surface area (Å²) in [5, 5.41) is 6.78. The van der Waals surface area contributed by atoms with Crippen LogP contribution >= 0.6 is 22.9 Å². The molecule has 0 aliphatic heterocycles. The molecule has 24 heavy (non-hydrogen) atoms. The molecule has 0 radical (unpaired) electrons. The van der Waals surface area contributed by atoms with E-state index in [9.17, 15) is 18.4 Å². The highest BCUT2D eigenvalue weighted by Gasteiger charge is 2.18. The number of alkyl halides is 2. The van der Waals surface area contributed by atoms with Crippen LogP contribution in [-0.4, -0.2) is 24.5 Å². The molecule has 5 nitrogen and oxygen atoms in total. The molecule has 1 unspecified atom stereocenters. The topological polar surface area (TPSA) is 67.4 Å². The van der Waals surface area contributed by atoms with Crippen molar-refractivity contribution in [3.63, 3.8) is 0 Å². The lowest BCUT2D eigenvalue weighted by Gasteiger charge is -2.14. The molecule has 0 saturated heterocycles. The van der Waals surface area contributed by atoms with Crippen LogP contribution in [0.5, 0.6) is 5.75 Å². The van der Waals surface area contributed by atoms with E-state index in [4.69, 9.17) is 11.6 Å². The molecule has 2 amide bonds. The second kappa shape index (κ2) is 8.07. The van der Waals surface area contributed by atoms with E-state index in [1.54, 1.807) is 17.5 Å². The van der Waals surface area contributed by atoms with Crippen LogP contribution in [0.15, 0.2) is 35.7 Å². The Morgan fingerprint density at radius 3 is 2.62 bits per heavy atom. The summed E-state index contributed by atoms with van der Waals surface area (Å²) >= 11 is 7.07. The van der Waals surface area contributed by atoms with Gasteiger partial charge < -0.3 is 15.4 Å². The van der Waals surface area contributed by atoms with Crippen molar-refractivity contribution in [2.75, 3.05) is 5.32 Å². The van der Waals surface area contributed by atoms with Gasteiger partial charge in [0.2, 0.25) is 5.91 Å². The number of amides is 2. The van der Waals surface area contributed by atoms with Crippen LogP contribution in [0.25, 0.3) is 0 Å². The maximum Gasteiger partial charge on any atom is 0.387 e. The average molecular weight is 375 g/mol. The van der Waals surface area contributed by atoms with Crippen molar-refractivity contribution in [2.24, 2.45) is 0 Å². The van der Waals surface area contributed by atoms with Gasteiger partial charge in [0.05, 0.1) is 9.90 Å². The van der Waals surface area contributed by atoms with Gasteiger partial charge in [-0.2, -0.15) is 8.78 Å². The van der Waals surface area contributed by atoms with Crippen LogP contribution in [-0.2, 0) is 4.79 Å². The van der Waals surface area contributed by atoms with Crippen LogP contribution in [0.3, 0.4) is 0 Å². The lowest BCUT2D eigenvalue weighted by atomic mass is 10.2. The van der Waals surface area contributed by atoms with Gasteiger partial charge in [-0.15, -0.1) is 11.3 Å². The maximum atomic E-state index is 12.2. The van der Waals surface area contributed by atoms with E-state index in [1.807, 2.05) is 0 Å². The Labute approximate surface area is 145 Å². The second-order valence-corrected chi connectivity index (χ2v) is 6.04. The SMILES string of the molecule is CC(NC(=O)c1cccs1)C(=O)Nc1ccc(OC(F)F)c(Cl)c1. The van der Waals surface area contributed by atoms with Gasteiger partial charge in [0, 0.05) is 5.69 Å². The minimum Gasteiger partial charge on any atom is -0.433 e. The third kappa shape index (κ3) is 4.90. The predicted octanol–water partition coefficient (Wildman–Crippen LogP) is 3.76. The summed E-state index contributed by atoms with van der Waals surface area (Å²) in [4.78, 5) is 24.5. The molecule has 1 atom stereocenters. The number of rotatable bonds is 6. The fourth-order valence-corrected chi connectivity index (χ4v) is 2.61. The van der Waals surface area contributed by atoms with Crippen LogP contribution in [0.2, 0.25) is 5.02 Å². The van der Waals surface area contributed by atoms with E-state index in [0.717, 1.165) is 0 Å². The zero-order chi connectivity index (χ0) is 17.7. The lowest BCUT2D eigenvalue weighted by molar-refractivity contribution is -0.117. The van der Waals surface area contributed by atoms with E-state index < -0.39 is 18.6 Å². The highest BCUT2D eigenvalue weighted by atomic mass is 35.5. The van der Waals surface area contributed by atoms with Crippen LogP contribution < -0.4 is 15.4 Å². The van der Waals surface area contributed by atoms with Crippen molar-refractivity contribution in [1.82, 2.24) is 5.32 Å². The minimum atomic E-state index is -2.99. The minimum absolute atomic E-state index is 0.0663. The molecule has 0 aliphatic rings. The third-order valence-corrected chi connectivity index (χ3v) is 4.07. The van der Waals surface area contributed by atoms with Gasteiger partial charge in [0.15, 0.2) is 0 Å². The summed E-state index contributed by atoms with van der Waals surface area (Å²) in [7, 11) is 0. The Balaban J connectivity index is 1.96. The number of halogens is 3. The molecule has 0 aliphatic carbocycles. The summed E-state index contributed by atoms with van der Waals surface area (Å²) in [6.45, 7) is -1.47. The Morgan fingerprint density at radius 1 is 1.29 bits per heavy atom. The van der Waals surface area contributed by atoms with Gasteiger partial charge >= 0.3 is 6.61 Å². The smallest absolute Gasteiger partial charge is 0.387 e. The first-order chi connectivity index (χ1) is 11.4. The van der Waals surface area contributed by atoms with Crippen LogP contribution in [0.1, 0.15) is 16.6 Å². The monoisotopic (exact) mass is 374 g/mol. The summed E-state index contributed by atoms with van der Waals surface area (Å²) < 4.78 is 28.5. The normalized spacial score (nSPS) is 11.9. The molecule has 2 N–H and O–H groups in total. The molecule has 1 heterocycles. The van der Waals surface area contributed by atoms with Gasteiger partial charge in [0.1, 0.15) is 11.8 Å². The Morgan fingerprint density at radius 2 is 2.04 bits per heavy atom. The van der Waals surface area contributed by atoms with Crippen molar-refractivity contribution in [3.05, 3.63) is 45.6 Å². The molecule has 2 aromatic rings. The molecule has 0 bridgehead atoms. The Kier molecular flexibility index (Phi) is 6.10. The van der Waals surface area contributed by atoms with E-state index in [2.05, 4.69) is 15.4 Å². The summed E-state index contributed by atoms with van der Waals surface area (Å²) in [5.41, 5.74) is 0.295. The van der Waals surface area contributed by atoms with Gasteiger partial charge in [-0.1, -0.05) is 17.7 Å². The molecular weight excluding hydrogens is 362 g/mol. The van der Waals surface area contributed by atoms with Crippen molar-refractivity contribution in [2.45, 2.75) is 19.6 Å². The van der Waals surface area contributed by atoms with Crippen LogP contribution in [0.4, 0.5) is 14.5 Å². The maximum absolute atomic E-state index is 12.2. The quantitative estimate of drug-likeness (QED) is 0.809. The zero-order valence-electron chi connectivity index (χ0n) is 12.4. The summed E-state index contributed by atoms with van der Waals surface area (Å²) in [5.74, 6) is -1.02. The largest absolute Gasteiger partial charge is 0.433 e. The number of hydrogen-bond acceptors (Lipinski definition) is 4. The number of benzene rings is 1. The van der Waals surface area contributed by atoms with Gasteiger partial charge in [-0.05, 0) is 36.6 Å². The number of anilines is 1. The van der Waals surface area contributed by atoms with Crippen molar-refractivity contribution < 1.29 is 23.1 Å². The van der Waals surface area contributed by atoms with Gasteiger partial charge in [0.25, 0.3) is 5.91 Å². The molecule has 0 saturated carbocycles. The standard InChI is InChI=1S/C15H13ClF2N2O3S/c1-8(19-14(22)12-3-2-6-24-12)13(21)20-9-4-5-11(10(16)7-9)23-15(17)18/h2-8,15H,1H3,(H,19,22)(H,20,21). The predicted molar refractivity (Wildman–Crippen MR) is 88.0 cm³/mol. The number of carbonyl (C=O) groups is 2. The Bertz CT molecular complexity index is 726. The van der Waals surface area contributed by atoms with E-state index >= 15 is 0 Å². The lowest BCUT2D eigenvalue weighted by Crippen LogP contribution is -2.41. The first-order valence-electron chi connectivity index (χ1n) is 6.76. The van der Waals surface area contributed by atoms with E-state index in [0.29, 0.717) is 10.6 Å². The number of ether oxygens (including phenoxy) is 1. The first kappa shape index (κ1) is 18.2. The fourth-order valence-electron chi connectivity index (χ4n) is 1.76. The average Bonchev–Trinajstić information content (AvgIpc) is 3.04. The molecule has 0 spiro atoms. The highest BCUT2D eigenvalue weighted by molar-refractivity contribution is 7.12.